The number of nitrogens with one attached hydrogen (secondary N) is 1. The number of nitrogens with zero attached hydrogens (tertiary/aromatic N) is 1. The van der Waals surface area contributed by atoms with Crippen molar-refractivity contribution >= 4 is 5.91 Å². The second-order valence-electron chi connectivity index (χ2n) is 6.45. The normalized spacial score (nSPS) is 18.3. The molecule has 0 spiro atoms. The summed E-state index contributed by atoms with van der Waals surface area (Å²) in [6.45, 7) is 3.68. The van der Waals surface area contributed by atoms with Crippen LogP contribution in [0.15, 0.2) is 54.6 Å². The van der Waals surface area contributed by atoms with Gasteiger partial charge in [-0.15, -0.1) is 0 Å². The van der Waals surface area contributed by atoms with Crippen molar-refractivity contribution in [1.29, 1.82) is 0 Å². The van der Waals surface area contributed by atoms with Gasteiger partial charge < -0.3 is 5.32 Å². The van der Waals surface area contributed by atoms with Gasteiger partial charge in [-0.2, -0.15) is 0 Å². The molecule has 3 rings (SSSR count). The van der Waals surface area contributed by atoms with E-state index in [1.165, 1.54) is 17.7 Å². The molecule has 0 radical (unpaired) electrons. The quantitative estimate of drug-likeness (QED) is 0.912. The maximum absolute atomic E-state index is 13.2. The van der Waals surface area contributed by atoms with Crippen LogP contribution < -0.4 is 5.32 Å². The van der Waals surface area contributed by atoms with Crippen molar-refractivity contribution in [3.63, 3.8) is 0 Å². The zero-order chi connectivity index (χ0) is 16.8. The van der Waals surface area contributed by atoms with E-state index in [-0.39, 0.29) is 11.7 Å². The Morgan fingerprint density at radius 1 is 1.17 bits per heavy atom. The standard InChI is InChI=1S/C20H23FN2O/c21-19-10-4-9-18(12-19)20(24)22-13-17-8-5-11-23(15-17)14-16-6-2-1-3-7-16/h1-4,6-7,9-10,12,17H,5,8,11,13-15H2,(H,22,24). The van der Waals surface area contributed by atoms with Crippen LogP contribution in [0.3, 0.4) is 0 Å². The molecular weight excluding hydrogens is 303 g/mol. The lowest BCUT2D eigenvalue weighted by Crippen LogP contribution is -2.40. The van der Waals surface area contributed by atoms with Crippen molar-refractivity contribution in [3.8, 4) is 0 Å². The number of hydrogen-bond acceptors (Lipinski definition) is 2. The van der Waals surface area contributed by atoms with Gasteiger partial charge in [-0.1, -0.05) is 36.4 Å². The third-order valence-electron chi connectivity index (χ3n) is 4.49. The highest BCUT2D eigenvalue weighted by Crippen LogP contribution is 2.18. The van der Waals surface area contributed by atoms with Crippen molar-refractivity contribution in [2.24, 2.45) is 5.92 Å². The number of hydrogen-bond donors (Lipinski definition) is 1. The lowest BCUT2D eigenvalue weighted by molar-refractivity contribution is 0.0930. The fraction of sp³-hybridized carbons (Fsp3) is 0.350. The lowest BCUT2D eigenvalue weighted by atomic mass is 9.97. The first-order valence-corrected chi connectivity index (χ1v) is 8.51. The average Bonchev–Trinajstić information content (AvgIpc) is 2.61. The van der Waals surface area contributed by atoms with Gasteiger partial charge in [0.1, 0.15) is 5.82 Å². The van der Waals surface area contributed by atoms with Gasteiger partial charge in [0.25, 0.3) is 5.91 Å². The second kappa shape index (κ2) is 8.06. The Balaban J connectivity index is 1.49. The van der Waals surface area contributed by atoms with E-state index in [1.807, 2.05) is 6.07 Å². The molecule has 4 heteroatoms. The average molecular weight is 326 g/mol. The fourth-order valence-electron chi connectivity index (χ4n) is 3.27. The summed E-state index contributed by atoms with van der Waals surface area (Å²) in [5, 5.41) is 2.95. The minimum Gasteiger partial charge on any atom is -0.352 e. The summed E-state index contributed by atoms with van der Waals surface area (Å²) in [7, 11) is 0. The third-order valence-corrected chi connectivity index (χ3v) is 4.49. The van der Waals surface area contributed by atoms with E-state index in [1.54, 1.807) is 12.1 Å². The first kappa shape index (κ1) is 16.7. The Bertz CT molecular complexity index is 674. The van der Waals surface area contributed by atoms with Crippen molar-refractivity contribution in [2.45, 2.75) is 19.4 Å². The van der Waals surface area contributed by atoms with Crippen LogP contribution in [0, 0.1) is 11.7 Å². The van der Waals surface area contributed by atoms with Crippen molar-refractivity contribution in [1.82, 2.24) is 10.2 Å². The number of carbonyl (C=O) groups excluding carboxylic acids is 1. The van der Waals surface area contributed by atoms with Crippen LogP contribution in [0.5, 0.6) is 0 Å². The molecule has 1 saturated heterocycles. The van der Waals surface area contributed by atoms with E-state index in [9.17, 15) is 9.18 Å². The Morgan fingerprint density at radius 2 is 2.00 bits per heavy atom. The van der Waals surface area contributed by atoms with Crippen LogP contribution in [-0.2, 0) is 6.54 Å². The Morgan fingerprint density at radius 3 is 2.79 bits per heavy atom. The largest absolute Gasteiger partial charge is 0.352 e. The Labute approximate surface area is 142 Å². The molecule has 1 amide bonds. The van der Waals surface area contributed by atoms with Crippen molar-refractivity contribution in [2.75, 3.05) is 19.6 Å². The monoisotopic (exact) mass is 326 g/mol. The molecule has 1 atom stereocenters. The van der Waals surface area contributed by atoms with Gasteiger partial charge >= 0.3 is 0 Å². The lowest BCUT2D eigenvalue weighted by Gasteiger charge is -2.32. The van der Waals surface area contributed by atoms with E-state index in [0.717, 1.165) is 32.5 Å². The van der Waals surface area contributed by atoms with Gasteiger partial charge in [-0.05, 0) is 49.1 Å². The predicted octanol–water partition coefficient (Wildman–Crippen LogP) is 3.47. The van der Waals surface area contributed by atoms with Gasteiger partial charge in [0.05, 0.1) is 0 Å². The fourth-order valence-corrected chi connectivity index (χ4v) is 3.27. The van der Waals surface area contributed by atoms with Crippen LogP contribution in [0.25, 0.3) is 0 Å². The van der Waals surface area contributed by atoms with E-state index >= 15 is 0 Å². The number of amides is 1. The highest BCUT2D eigenvalue weighted by Gasteiger charge is 2.20. The van der Waals surface area contributed by atoms with E-state index in [2.05, 4.69) is 34.5 Å². The summed E-state index contributed by atoms with van der Waals surface area (Å²) in [5.41, 5.74) is 1.70. The molecule has 24 heavy (non-hydrogen) atoms. The van der Waals surface area contributed by atoms with Gasteiger partial charge in [0, 0.05) is 25.2 Å². The molecule has 1 heterocycles. The molecular formula is C20H23FN2O. The summed E-state index contributed by atoms with van der Waals surface area (Å²) in [4.78, 5) is 14.6. The molecule has 2 aromatic carbocycles. The number of halogens is 1. The molecule has 1 aliphatic rings. The van der Waals surface area contributed by atoms with E-state index in [0.29, 0.717) is 18.0 Å². The number of piperidine rings is 1. The van der Waals surface area contributed by atoms with Crippen LogP contribution in [-0.4, -0.2) is 30.4 Å². The molecule has 3 nitrogen and oxygen atoms in total. The zero-order valence-corrected chi connectivity index (χ0v) is 13.7. The molecule has 126 valence electrons. The number of rotatable bonds is 5. The van der Waals surface area contributed by atoms with Gasteiger partial charge in [0.15, 0.2) is 0 Å². The zero-order valence-electron chi connectivity index (χ0n) is 13.7. The minimum absolute atomic E-state index is 0.199. The molecule has 0 aromatic heterocycles. The highest BCUT2D eigenvalue weighted by atomic mass is 19.1. The molecule has 1 fully saturated rings. The molecule has 0 aliphatic carbocycles. The van der Waals surface area contributed by atoms with Crippen molar-refractivity contribution in [3.05, 3.63) is 71.5 Å². The molecule has 1 aliphatic heterocycles. The molecule has 1 unspecified atom stereocenters. The second-order valence-corrected chi connectivity index (χ2v) is 6.45. The summed E-state index contributed by atoms with van der Waals surface area (Å²) >= 11 is 0. The number of carbonyl (C=O) groups is 1. The summed E-state index contributed by atoms with van der Waals surface area (Å²) in [6, 6.07) is 16.3. The van der Waals surface area contributed by atoms with Gasteiger partial charge in [-0.25, -0.2) is 4.39 Å². The summed E-state index contributed by atoms with van der Waals surface area (Å²) in [5.74, 6) is -0.135. The molecule has 2 aromatic rings. The maximum atomic E-state index is 13.2. The maximum Gasteiger partial charge on any atom is 0.251 e. The molecule has 1 N–H and O–H groups in total. The van der Waals surface area contributed by atoms with Crippen molar-refractivity contribution < 1.29 is 9.18 Å². The van der Waals surface area contributed by atoms with Gasteiger partial charge in [-0.3, -0.25) is 9.69 Å². The predicted molar refractivity (Wildman–Crippen MR) is 93.2 cm³/mol. The van der Waals surface area contributed by atoms with Crippen LogP contribution in [0.2, 0.25) is 0 Å². The number of likely N-dealkylation sites (tertiary alicyclic amines) is 1. The van der Waals surface area contributed by atoms with Crippen LogP contribution >= 0.6 is 0 Å². The smallest absolute Gasteiger partial charge is 0.251 e. The first-order valence-electron chi connectivity index (χ1n) is 8.51. The Hall–Kier alpha value is -2.20. The van der Waals surface area contributed by atoms with E-state index < -0.39 is 0 Å². The summed E-state index contributed by atoms with van der Waals surface area (Å²) in [6.07, 6.45) is 2.27. The molecule has 0 saturated carbocycles. The van der Waals surface area contributed by atoms with Crippen LogP contribution in [0.1, 0.15) is 28.8 Å². The highest BCUT2D eigenvalue weighted by molar-refractivity contribution is 5.94. The number of benzene rings is 2. The van der Waals surface area contributed by atoms with E-state index in [4.69, 9.17) is 0 Å². The minimum atomic E-state index is -0.380. The summed E-state index contributed by atoms with van der Waals surface area (Å²) < 4.78 is 13.2. The SMILES string of the molecule is O=C(NCC1CCCN(Cc2ccccc2)C1)c1cccc(F)c1. The molecule has 0 bridgehead atoms. The first-order chi connectivity index (χ1) is 11.7. The van der Waals surface area contributed by atoms with Gasteiger partial charge in [0.2, 0.25) is 0 Å². The van der Waals surface area contributed by atoms with Crippen LogP contribution in [0.4, 0.5) is 4.39 Å². The topological polar surface area (TPSA) is 32.3 Å². The third kappa shape index (κ3) is 4.65. The Kier molecular flexibility index (Phi) is 5.59.